The Morgan fingerprint density at radius 1 is 1.16 bits per heavy atom. The van der Waals surface area contributed by atoms with E-state index in [-0.39, 0.29) is 24.0 Å². The van der Waals surface area contributed by atoms with E-state index < -0.39 is 0 Å². The van der Waals surface area contributed by atoms with Gasteiger partial charge in [0.05, 0.1) is 7.11 Å². The number of nitrogens with one attached hydrogen (secondary N) is 1. The lowest BCUT2D eigenvalue weighted by molar-refractivity contribution is 0.408. The second kappa shape index (κ2) is 9.65. The maximum absolute atomic E-state index is 5.42. The van der Waals surface area contributed by atoms with Crippen LogP contribution in [0.4, 0.5) is 0 Å². The van der Waals surface area contributed by atoms with E-state index in [0.717, 1.165) is 30.4 Å². The fraction of sp³-hybridized carbons (Fsp3) is 0.350. The van der Waals surface area contributed by atoms with Gasteiger partial charge in [-0.1, -0.05) is 48.5 Å². The van der Waals surface area contributed by atoms with Crippen LogP contribution in [0.3, 0.4) is 0 Å². The number of nitrogens with zero attached hydrogens (tertiary/aromatic N) is 2. The Balaban J connectivity index is 0.00000225. The van der Waals surface area contributed by atoms with Crippen LogP contribution in [0.5, 0.6) is 5.75 Å². The molecule has 1 aliphatic heterocycles. The molecule has 134 valence electrons. The lowest BCUT2D eigenvalue weighted by atomic mass is 9.99. The Morgan fingerprint density at radius 2 is 1.88 bits per heavy atom. The summed E-state index contributed by atoms with van der Waals surface area (Å²) in [6.07, 6.45) is 1.17. The van der Waals surface area contributed by atoms with Gasteiger partial charge in [0.15, 0.2) is 5.96 Å². The SMILES string of the molecule is CN=C(NCc1ccccc1OC)N1CCC(c2ccccc2)C1.I. The fourth-order valence-corrected chi connectivity index (χ4v) is 3.31. The van der Waals surface area contributed by atoms with Crippen LogP contribution in [0.1, 0.15) is 23.5 Å². The van der Waals surface area contributed by atoms with Gasteiger partial charge in [-0.15, -0.1) is 24.0 Å². The number of aliphatic imine (C=N–C) groups is 1. The van der Waals surface area contributed by atoms with Crippen LogP contribution < -0.4 is 10.1 Å². The Morgan fingerprint density at radius 3 is 2.60 bits per heavy atom. The van der Waals surface area contributed by atoms with E-state index in [1.165, 1.54) is 12.0 Å². The van der Waals surface area contributed by atoms with E-state index in [1.807, 2.05) is 25.2 Å². The summed E-state index contributed by atoms with van der Waals surface area (Å²) in [4.78, 5) is 6.80. The molecule has 2 aromatic carbocycles. The normalized spacial score (nSPS) is 17.1. The van der Waals surface area contributed by atoms with Gasteiger partial charge in [-0.25, -0.2) is 0 Å². The molecule has 1 aliphatic rings. The van der Waals surface area contributed by atoms with E-state index in [9.17, 15) is 0 Å². The molecule has 1 unspecified atom stereocenters. The number of halogens is 1. The molecule has 1 saturated heterocycles. The number of ether oxygens (including phenoxy) is 1. The molecule has 0 amide bonds. The number of rotatable bonds is 4. The number of guanidine groups is 1. The third-order valence-corrected chi connectivity index (χ3v) is 4.60. The van der Waals surface area contributed by atoms with E-state index >= 15 is 0 Å². The van der Waals surface area contributed by atoms with Gasteiger partial charge >= 0.3 is 0 Å². The van der Waals surface area contributed by atoms with Crippen molar-refractivity contribution in [1.82, 2.24) is 10.2 Å². The van der Waals surface area contributed by atoms with Crippen molar-refractivity contribution in [1.29, 1.82) is 0 Å². The molecule has 3 rings (SSSR count). The molecule has 5 heteroatoms. The molecule has 0 bridgehead atoms. The first-order chi connectivity index (χ1) is 11.8. The lowest BCUT2D eigenvalue weighted by Gasteiger charge is -2.22. The van der Waals surface area contributed by atoms with Crippen molar-refractivity contribution in [2.75, 3.05) is 27.2 Å². The van der Waals surface area contributed by atoms with E-state index in [1.54, 1.807) is 7.11 Å². The highest BCUT2D eigenvalue weighted by atomic mass is 127. The van der Waals surface area contributed by atoms with Crippen LogP contribution >= 0.6 is 24.0 Å². The molecule has 4 nitrogen and oxygen atoms in total. The van der Waals surface area contributed by atoms with Gasteiger partial charge < -0.3 is 15.0 Å². The van der Waals surface area contributed by atoms with Crippen LogP contribution in [0.15, 0.2) is 59.6 Å². The van der Waals surface area contributed by atoms with Gasteiger partial charge in [0, 0.05) is 38.2 Å². The zero-order valence-corrected chi connectivity index (χ0v) is 17.1. The van der Waals surface area contributed by atoms with Crippen LogP contribution in [-0.2, 0) is 6.54 Å². The molecule has 1 heterocycles. The molecule has 0 aliphatic carbocycles. The Bertz CT molecular complexity index is 690. The molecule has 0 spiro atoms. The summed E-state index contributed by atoms with van der Waals surface area (Å²) in [5, 5.41) is 3.47. The maximum atomic E-state index is 5.42. The second-order valence-corrected chi connectivity index (χ2v) is 6.05. The van der Waals surface area contributed by atoms with Crippen molar-refractivity contribution in [3.8, 4) is 5.75 Å². The summed E-state index contributed by atoms with van der Waals surface area (Å²) >= 11 is 0. The van der Waals surface area contributed by atoms with Gasteiger partial charge in [0.1, 0.15) is 5.75 Å². The minimum atomic E-state index is 0. The standard InChI is InChI=1S/C20H25N3O.HI/c1-21-20(22-14-17-10-6-7-11-19(17)24-2)23-13-12-18(15-23)16-8-4-3-5-9-16;/h3-11,18H,12-15H2,1-2H3,(H,21,22);1H. The molecular formula is C20H26IN3O. The highest BCUT2D eigenvalue weighted by molar-refractivity contribution is 14.0. The molecule has 2 aromatic rings. The van der Waals surface area contributed by atoms with Gasteiger partial charge in [-0.3, -0.25) is 4.99 Å². The molecule has 1 N–H and O–H groups in total. The van der Waals surface area contributed by atoms with Crippen molar-refractivity contribution in [3.05, 3.63) is 65.7 Å². The zero-order chi connectivity index (χ0) is 16.8. The van der Waals surface area contributed by atoms with E-state index in [0.29, 0.717) is 12.5 Å². The van der Waals surface area contributed by atoms with Crippen LogP contribution in [0.25, 0.3) is 0 Å². The first-order valence-electron chi connectivity index (χ1n) is 8.44. The van der Waals surface area contributed by atoms with Crippen molar-refractivity contribution < 1.29 is 4.74 Å². The summed E-state index contributed by atoms with van der Waals surface area (Å²) in [5.41, 5.74) is 2.56. The number of hydrogen-bond acceptors (Lipinski definition) is 2. The van der Waals surface area contributed by atoms with Crippen LogP contribution in [-0.4, -0.2) is 38.1 Å². The summed E-state index contributed by atoms with van der Waals surface area (Å²) in [6.45, 7) is 2.75. The van der Waals surface area contributed by atoms with Gasteiger partial charge in [-0.05, 0) is 18.1 Å². The summed E-state index contributed by atoms with van der Waals surface area (Å²) in [5.74, 6) is 2.44. The predicted octanol–water partition coefficient (Wildman–Crippen LogP) is 3.88. The van der Waals surface area contributed by atoms with E-state index in [2.05, 4.69) is 51.6 Å². The number of methoxy groups -OCH3 is 1. The van der Waals surface area contributed by atoms with Crippen molar-refractivity contribution >= 4 is 29.9 Å². The largest absolute Gasteiger partial charge is 0.496 e. The van der Waals surface area contributed by atoms with Crippen LogP contribution in [0.2, 0.25) is 0 Å². The number of para-hydroxylation sites is 1. The number of likely N-dealkylation sites (tertiary alicyclic amines) is 1. The summed E-state index contributed by atoms with van der Waals surface area (Å²) in [6, 6.07) is 18.8. The van der Waals surface area contributed by atoms with Crippen molar-refractivity contribution in [2.24, 2.45) is 4.99 Å². The molecule has 1 atom stereocenters. The lowest BCUT2D eigenvalue weighted by Crippen LogP contribution is -2.39. The first-order valence-corrected chi connectivity index (χ1v) is 8.44. The monoisotopic (exact) mass is 451 g/mol. The predicted molar refractivity (Wildman–Crippen MR) is 114 cm³/mol. The van der Waals surface area contributed by atoms with Gasteiger partial charge in [0.25, 0.3) is 0 Å². The minimum Gasteiger partial charge on any atom is -0.496 e. The molecule has 25 heavy (non-hydrogen) atoms. The Labute approximate surface area is 167 Å². The van der Waals surface area contributed by atoms with Crippen LogP contribution in [0, 0.1) is 0 Å². The average Bonchev–Trinajstić information content (AvgIpc) is 3.13. The molecule has 0 saturated carbocycles. The average molecular weight is 451 g/mol. The van der Waals surface area contributed by atoms with E-state index in [4.69, 9.17) is 4.74 Å². The maximum Gasteiger partial charge on any atom is 0.193 e. The topological polar surface area (TPSA) is 36.9 Å². The van der Waals surface area contributed by atoms with Crippen molar-refractivity contribution in [3.63, 3.8) is 0 Å². The van der Waals surface area contributed by atoms with Crippen molar-refractivity contribution in [2.45, 2.75) is 18.9 Å². The molecule has 0 radical (unpaired) electrons. The minimum absolute atomic E-state index is 0. The highest BCUT2D eigenvalue weighted by Crippen LogP contribution is 2.27. The Hall–Kier alpha value is -1.76. The second-order valence-electron chi connectivity index (χ2n) is 6.05. The van der Waals surface area contributed by atoms with Gasteiger partial charge in [-0.2, -0.15) is 0 Å². The molecule has 1 fully saturated rings. The Kier molecular flexibility index (Phi) is 7.55. The summed E-state index contributed by atoms with van der Waals surface area (Å²) < 4.78 is 5.42. The fourth-order valence-electron chi connectivity index (χ4n) is 3.31. The zero-order valence-electron chi connectivity index (χ0n) is 14.8. The number of benzene rings is 2. The summed E-state index contributed by atoms with van der Waals surface area (Å²) in [7, 11) is 3.55. The smallest absolute Gasteiger partial charge is 0.193 e. The molecular weight excluding hydrogens is 425 g/mol. The quantitative estimate of drug-likeness (QED) is 0.436. The molecule has 0 aromatic heterocycles. The first kappa shape index (κ1) is 19.6. The third kappa shape index (κ3) is 4.87. The third-order valence-electron chi connectivity index (χ3n) is 4.60. The number of hydrogen-bond donors (Lipinski definition) is 1. The van der Waals surface area contributed by atoms with Gasteiger partial charge in [0.2, 0.25) is 0 Å². The highest BCUT2D eigenvalue weighted by Gasteiger charge is 2.25.